The van der Waals surface area contributed by atoms with Gasteiger partial charge in [0.05, 0.1) is 6.04 Å². The average Bonchev–Trinajstić information content (AvgIpc) is 2.22. The van der Waals surface area contributed by atoms with Crippen LogP contribution in [0.5, 0.6) is 0 Å². The zero-order valence-electron chi connectivity index (χ0n) is 8.66. The lowest BCUT2D eigenvalue weighted by atomic mass is 10.2. The van der Waals surface area contributed by atoms with Crippen molar-refractivity contribution >= 4 is 5.84 Å². The van der Waals surface area contributed by atoms with E-state index in [1.54, 1.807) is 0 Å². The number of nitrogens with zero attached hydrogens (tertiary/aromatic N) is 1. The van der Waals surface area contributed by atoms with Gasteiger partial charge in [0.2, 0.25) is 0 Å². The van der Waals surface area contributed by atoms with Crippen LogP contribution in [0, 0.1) is 12.3 Å². The average molecular weight is 197 g/mol. The predicted octanol–water partition coefficient (Wildman–Crippen LogP) is 0.905. The van der Waals surface area contributed by atoms with Crippen LogP contribution in [0.3, 0.4) is 0 Å². The SMILES string of the molecule is C#CCCCCNC(CC)C(N)=NO. The highest BCUT2D eigenvalue weighted by molar-refractivity contribution is 5.85. The standard InChI is InChI=1S/C10H19N3O/c1-3-5-6-7-8-12-9(4-2)10(11)13-14/h1,9,12,14H,4-8H2,2H3,(H2,11,13). The summed E-state index contributed by atoms with van der Waals surface area (Å²) in [6.45, 7) is 2.83. The highest BCUT2D eigenvalue weighted by Gasteiger charge is 2.09. The van der Waals surface area contributed by atoms with Gasteiger partial charge in [0.1, 0.15) is 0 Å². The molecule has 1 unspecified atom stereocenters. The Morgan fingerprint density at radius 1 is 1.64 bits per heavy atom. The van der Waals surface area contributed by atoms with E-state index >= 15 is 0 Å². The number of unbranched alkanes of at least 4 members (excludes halogenated alkanes) is 2. The topological polar surface area (TPSA) is 70.6 Å². The Kier molecular flexibility index (Phi) is 7.67. The van der Waals surface area contributed by atoms with Gasteiger partial charge in [-0.1, -0.05) is 12.1 Å². The molecule has 0 rings (SSSR count). The van der Waals surface area contributed by atoms with Gasteiger partial charge in [-0.15, -0.1) is 12.3 Å². The third-order valence-electron chi connectivity index (χ3n) is 2.02. The summed E-state index contributed by atoms with van der Waals surface area (Å²) in [5, 5.41) is 14.6. The fourth-order valence-corrected chi connectivity index (χ4v) is 1.16. The molecule has 0 aliphatic rings. The molecule has 0 aromatic carbocycles. The van der Waals surface area contributed by atoms with Crippen LogP contribution in [0.4, 0.5) is 0 Å². The van der Waals surface area contributed by atoms with Crippen molar-refractivity contribution in [1.29, 1.82) is 0 Å². The number of terminal acetylenes is 1. The Morgan fingerprint density at radius 2 is 2.36 bits per heavy atom. The molecule has 0 saturated heterocycles. The summed E-state index contributed by atoms with van der Waals surface area (Å²) in [7, 11) is 0. The van der Waals surface area contributed by atoms with Crippen molar-refractivity contribution in [3.8, 4) is 12.3 Å². The van der Waals surface area contributed by atoms with Crippen LogP contribution in [0.15, 0.2) is 5.16 Å². The van der Waals surface area contributed by atoms with Crippen LogP contribution in [-0.4, -0.2) is 23.6 Å². The van der Waals surface area contributed by atoms with E-state index in [1.807, 2.05) is 6.92 Å². The number of oxime groups is 1. The minimum Gasteiger partial charge on any atom is -0.409 e. The largest absolute Gasteiger partial charge is 0.409 e. The minimum absolute atomic E-state index is 0.0363. The number of rotatable bonds is 7. The molecule has 4 N–H and O–H groups in total. The van der Waals surface area contributed by atoms with Gasteiger partial charge in [0, 0.05) is 6.42 Å². The van der Waals surface area contributed by atoms with E-state index in [2.05, 4.69) is 16.4 Å². The molecule has 0 bridgehead atoms. The summed E-state index contributed by atoms with van der Waals surface area (Å²) in [5.41, 5.74) is 5.47. The van der Waals surface area contributed by atoms with E-state index in [4.69, 9.17) is 17.4 Å². The maximum absolute atomic E-state index is 8.47. The zero-order valence-corrected chi connectivity index (χ0v) is 8.66. The third-order valence-corrected chi connectivity index (χ3v) is 2.02. The number of nitrogens with one attached hydrogen (secondary N) is 1. The number of nitrogens with two attached hydrogens (primary N) is 1. The van der Waals surface area contributed by atoms with Crippen molar-refractivity contribution in [1.82, 2.24) is 5.32 Å². The molecule has 0 fully saturated rings. The van der Waals surface area contributed by atoms with Gasteiger partial charge in [-0.2, -0.15) is 0 Å². The van der Waals surface area contributed by atoms with Crippen molar-refractivity contribution in [2.24, 2.45) is 10.9 Å². The Hall–Kier alpha value is -1.21. The molecule has 1 atom stereocenters. The molecule has 80 valence electrons. The van der Waals surface area contributed by atoms with Crippen LogP contribution in [0.2, 0.25) is 0 Å². The molecular formula is C10H19N3O. The zero-order chi connectivity index (χ0) is 10.8. The normalized spacial score (nSPS) is 13.6. The highest BCUT2D eigenvalue weighted by atomic mass is 16.4. The molecule has 14 heavy (non-hydrogen) atoms. The molecular weight excluding hydrogens is 178 g/mol. The summed E-state index contributed by atoms with van der Waals surface area (Å²) in [6.07, 6.45) is 8.77. The molecule has 0 spiro atoms. The second-order valence-electron chi connectivity index (χ2n) is 3.10. The first-order chi connectivity index (χ1) is 6.76. The first-order valence-electron chi connectivity index (χ1n) is 4.90. The number of hydrogen-bond acceptors (Lipinski definition) is 3. The molecule has 0 aliphatic carbocycles. The van der Waals surface area contributed by atoms with Crippen molar-refractivity contribution in [2.75, 3.05) is 6.54 Å². The maximum Gasteiger partial charge on any atom is 0.156 e. The van der Waals surface area contributed by atoms with Gasteiger partial charge in [-0.3, -0.25) is 0 Å². The summed E-state index contributed by atoms with van der Waals surface area (Å²) in [6, 6.07) is -0.0363. The molecule has 4 heteroatoms. The van der Waals surface area contributed by atoms with Crippen LogP contribution in [-0.2, 0) is 0 Å². The predicted molar refractivity (Wildman–Crippen MR) is 58.2 cm³/mol. The van der Waals surface area contributed by atoms with E-state index in [1.165, 1.54) is 0 Å². The van der Waals surface area contributed by atoms with E-state index in [9.17, 15) is 0 Å². The van der Waals surface area contributed by atoms with Crippen LogP contribution in [0.1, 0.15) is 32.6 Å². The molecule has 4 nitrogen and oxygen atoms in total. The van der Waals surface area contributed by atoms with Gasteiger partial charge >= 0.3 is 0 Å². The fraction of sp³-hybridized carbons (Fsp3) is 0.700. The molecule has 0 aromatic heterocycles. The van der Waals surface area contributed by atoms with Crippen LogP contribution >= 0.6 is 0 Å². The lowest BCUT2D eigenvalue weighted by Crippen LogP contribution is -2.41. The van der Waals surface area contributed by atoms with E-state index in [0.717, 1.165) is 32.2 Å². The lowest BCUT2D eigenvalue weighted by Gasteiger charge is -2.14. The molecule has 0 aromatic rings. The van der Waals surface area contributed by atoms with E-state index in [0.29, 0.717) is 0 Å². The number of amidine groups is 1. The van der Waals surface area contributed by atoms with E-state index in [-0.39, 0.29) is 11.9 Å². The Morgan fingerprint density at radius 3 is 2.86 bits per heavy atom. The monoisotopic (exact) mass is 197 g/mol. The van der Waals surface area contributed by atoms with Crippen molar-refractivity contribution in [3.63, 3.8) is 0 Å². The molecule has 0 amide bonds. The van der Waals surface area contributed by atoms with Crippen molar-refractivity contribution in [3.05, 3.63) is 0 Å². The van der Waals surface area contributed by atoms with E-state index < -0.39 is 0 Å². The first-order valence-corrected chi connectivity index (χ1v) is 4.90. The summed E-state index contributed by atoms with van der Waals surface area (Å²) in [4.78, 5) is 0. The quantitative estimate of drug-likeness (QED) is 0.142. The fourth-order valence-electron chi connectivity index (χ4n) is 1.16. The Bertz CT molecular complexity index is 208. The number of hydrogen-bond donors (Lipinski definition) is 3. The van der Waals surface area contributed by atoms with Gasteiger partial charge in [-0.25, -0.2) is 0 Å². The molecule has 0 radical (unpaired) electrons. The van der Waals surface area contributed by atoms with Crippen LogP contribution in [0.25, 0.3) is 0 Å². The van der Waals surface area contributed by atoms with Gasteiger partial charge in [-0.05, 0) is 25.8 Å². The first kappa shape index (κ1) is 12.8. The smallest absolute Gasteiger partial charge is 0.156 e. The van der Waals surface area contributed by atoms with Crippen molar-refractivity contribution < 1.29 is 5.21 Å². The molecule has 0 aliphatic heterocycles. The Labute approximate surface area is 85.6 Å². The summed E-state index contributed by atoms with van der Waals surface area (Å²) in [5.74, 6) is 2.83. The van der Waals surface area contributed by atoms with Crippen molar-refractivity contribution in [2.45, 2.75) is 38.6 Å². The second kappa shape index (κ2) is 8.39. The van der Waals surface area contributed by atoms with Crippen LogP contribution < -0.4 is 11.1 Å². The molecule has 0 heterocycles. The minimum atomic E-state index is -0.0363. The third kappa shape index (κ3) is 5.44. The highest BCUT2D eigenvalue weighted by Crippen LogP contribution is 1.95. The van der Waals surface area contributed by atoms with Gasteiger partial charge in [0.25, 0.3) is 0 Å². The maximum atomic E-state index is 8.47. The summed E-state index contributed by atoms with van der Waals surface area (Å²) < 4.78 is 0. The lowest BCUT2D eigenvalue weighted by molar-refractivity contribution is 0.314. The Balaban J connectivity index is 3.59. The van der Waals surface area contributed by atoms with Gasteiger partial charge in [0.15, 0.2) is 5.84 Å². The van der Waals surface area contributed by atoms with Gasteiger partial charge < -0.3 is 16.3 Å². The summed E-state index contributed by atoms with van der Waals surface area (Å²) >= 11 is 0. The second-order valence-corrected chi connectivity index (χ2v) is 3.10. The molecule has 0 saturated carbocycles.